The topological polar surface area (TPSA) is 59.1 Å². The first-order chi connectivity index (χ1) is 6.11. The van der Waals surface area contributed by atoms with Crippen molar-refractivity contribution in [2.24, 2.45) is 11.7 Å². The van der Waals surface area contributed by atoms with Gasteiger partial charge in [-0.2, -0.15) is 0 Å². The van der Waals surface area contributed by atoms with E-state index in [-0.39, 0.29) is 6.04 Å². The molecule has 3 nitrogen and oxygen atoms in total. The molecular weight excluding hydrogens is 184 g/mol. The molecule has 1 heterocycles. The van der Waals surface area contributed by atoms with Crippen molar-refractivity contribution in [3.8, 4) is 0 Å². The molecule has 2 unspecified atom stereocenters. The molecule has 0 aromatic carbocycles. The molecule has 0 saturated carbocycles. The summed E-state index contributed by atoms with van der Waals surface area (Å²) in [4.78, 5) is 4.03. The highest BCUT2D eigenvalue weighted by Crippen LogP contribution is 2.21. The molecule has 74 valence electrons. The number of aliphatic hydroxyl groups excluding tert-OH is 1. The van der Waals surface area contributed by atoms with Crippen LogP contribution in [0.25, 0.3) is 0 Å². The predicted molar refractivity (Wildman–Crippen MR) is 54.5 cm³/mol. The second kappa shape index (κ2) is 4.69. The van der Waals surface area contributed by atoms with E-state index in [1.54, 1.807) is 6.20 Å². The van der Waals surface area contributed by atoms with Gasteiger partial charge in [0.05, 0.1) is 0 Å². The number of nitrogens with two attached hydrogens (primary N) is 1. The van der Waals surface area contributed by atoms with Gasteiger partial charge in [-0.25, -0.2) is 4.98 Å². The lowest BCUT2D eigenvalue weighted by Crippen LogP contribution is -2.29. The Kier molecular flexibility index (Phi) is 3.84. The highest BCUT2D eigenvalue weighted by Gasteiger charge is 2.19. The van der Waals surface area contributed by atoms with Crippen molar-refractivity contribution in [2.45, 2.75) is 32.4 Å². The highest BCUT2D eigenvalue weighted by atomic mass is 32.1. The van der Waals surface area contributed by atoms with Crippen LogP contribution in [-0.2, 0) is 0 Å². The van der Waals surface area contributed by atoms with E-state index in [0.29, 0.717) is 10.9 Å². The minimum absolute atomic E-state index is 0.203. The van der Waals surface area contributed by atoms with E-state index < -0.39 is 6.10 Å². The van der Waals surface area contributed by atoms with Crippen LogP contribution in [0.15, 0.2) is 11.6 Å². The average molecular weight is 200 g/mol. The summed E-state index contributed by atoms with van der Waals surface area (Å²) < 4.78 is 0. The van der Waals surface area contributed by atoms with Crippen molar-refractivity contribution in [2.75, 3.05) is 0 Å². The minimum atomic E-state index is -0.609. The Morgan fingerprint density at radius 1 is 1.62 bits per heavy atom. The van der Waals surface area contributed by atoms with Crippen LogP contribution in [0, 0.1) is 5.92 Å². The van der Waals surface area contributed by atoms with Crippen LogP contribution in [0.4, 0.5) is 0 Å². The summed E-state index contributed by atoms with van der Waals surface area (Å²) in [5, 5.41) is 12.3. The SMILES string of the molecule is CC(C)CC(N)C(O)c1nccs1. The lowest BCUT2D eigenvalue weighted by Gasteiger charge is -2.18. The third kappa shape index (κ3) is 3.06. The molecule has 0 aliphatic carbocycles. The number of hydrogen-bond acceptors (Lipinski definition) is 4. The fraction of sp³-hybridized carbons (Fsp3) is 0.667. The minimum Gasteiger partial charge on any atom is -0.384 e. The van der Waals surface area contributed by atoms with E-state index in [0.717, 1.165) is 6.42 Å². The second-order valence-corrected chi connectivity index (χ2v) is 4.53. The maximum atomic E-state index is 9.75. The van der Waals surface area contributed by atoms with Crippen molar-refractivity contribution >= 4 is 11.3 Å². The van der Waals surface area contributed by atoms with Crippen LogP contribution in [0.1, 0.15) is 31.4 Å². The van der Waals surface area contributed by atoms with Gasteiger partial charge in [-0.05, 0) is 12.3 Å². The van der Waals surface area contributed by atoms with Gasteiger partial charge in [0.15, 0.2) is 0 Å². The van der Waals surface area contributed by atoms with Gasteiger partial charge in [0, 0.05) is 17.6 Å². The fourth-order valence-corrected chi connectivity index (χ4v) is 1.93. The molecule has 0 fully saturated rings. The molecule has 0 aliphatic heterocycles. The molecule has 4 heteroatoms. The summed E-state index contributed by atoms with van der Waals surface area (Å²) in [6.45, 7) is 4.18. The molecule has 0 aliphatic rings. The van der Waals surface area contributed by atoms with Crippen LogP contribution in [0.3, 0.4) is 0 Å². The maximum Gasteiger partial charge on any atom is 0.123 e. The summed E-state index contributed by atoms with van der Waals surface area (Å²) in [7, 11) is 0. The summed E-state index contributed by atoms with van der Waals surface area (Å²) in [5.41, 5.74) is 5.83. The molecule has 13 heavy (non-hydrogen) atoms. The van der Waals surface area contributed by atoms with Crippen molar-refractivity contribution in [3.05, 3.63) is 16.6 Å². The third-order valence-corrected chi connectivity index (χ3v) is 2.70. The van der Waals surface area contributed by atoms with Gasteiger partial charge in [0.2, 0.25) is 0 Å². The van der Waals surface area contributed by atoms with E-state index in [4.69, 9.17) is 5.73 Å². The summed E-state index contributed by atoms with van der Waals surface area (Å²) in [6.07, 6.45) is 1.90. The van der Waals surface area contributed by atoms with Gasteiger partial charge >= 0.3 is 0 Å². The molecule has 1 rings (SSSR count). The second-order valence-electron chi connectivity index (χ2n) is 3.61. The zero-order valence-electron chi connectivity index (χ0n) is 7.97. The first kappa shape index (κ1) is 10.6. The lowest BCUT2D eigenvalue weighted by molar-refractivity contribution is 0.135. The van der Waals surface area contributed by atoms with E-state index in [9.17, 15) is 5.11 Å². The number of thiazole rings is 1. The van der Waals surface area contributed by atoms with Crippen LogP contribution in [-0.4, -0.2) is 16.1 Å². The van der Waals surface area contributed by atoms with Gasteiger partial charge in [0.1, 0.15) is 11.1 Å². The molecule has 0 saturated heterocycles. The molecule has 0 radical (unpaired) electrons. The van der Waals surface area contributed by atoms with Crippen LogP contribution < -0.4 is 5.73 Å². The predicted octanol–water partition coefficient (Wildman–Crippen LogP) is 1.55. The summed E-state index contributed by atoms with van der Waals surface area (Å²) in [6, 6.07) is -0.203. The number of aromatic nitrogens is 1. The van der Waals surface area contributed by atoms with E-state index in [1.165, 1.54) is 11.3 Å². The Labute approximate surface area is 82.6 Å². The smallest absolute Gasteiger partial charge is 0.123 e. The van der Waals surface area contributed by atoms with Gasteiger partial charge in [-0.3, -0.25) is 0 Å². The van der Waals surface area contributed by atoms with Crippen molar-refractivity contribution in [3.63, 3.8) is 0 Å². The molecule has 0 spiro atoms. The summed E-state index contributed by atoms with van der Waals surface area (Å²) in [5.74, 6) is 0.504. The molecule has 0 amide bonds. The Hall–Kier alpha value is -0.450. The Morgan fingerprint density at radius 3 is 2.77 bits per heavy atom. The zero-order valence-corrected chi connectivity index (χ0v) is 8.79. The number of hydrogen-bond donors (Lipinski definition) is 2. The van der Waals surface area contributed by atoms with Gasteiger partial charge < -0.3 is 10.8 Å². The Balaban J connectivity index is 2.52. The van der Waals surface area contributed by atoms with E-state index in [2.05, 4.69) is 18.8 Å². The molecule has 1 aromatic heterocycles. The standard InChI is InChI=1S/C9H16N2OS/c1-6(2)5-7(10)8(12)9-11-3-4-13-9/h3-4,6-8,12H,5,10H2,1-2H3. The first-order valence-corrected chi connectivity index (χ1v) is 5.32. The van der Waals surface area contributed by atoms with Crippen molar-refractivity contribution in [1.82, 2.24) is 4.98 Å². The molecule has 2 atom stereocenters. The molecule has 1 aromatic rings. The fourth-order valence-electron chi connectivity index (χ4n) is 1.24. The van der Waals surface area contributed by atoms with Crippen LogP contribution >= 0.6 is 11.3 Å². The first-order valence-electron chi connectivity index (χ1n) is 4.44. The molecule has 3 N–H and O–H groups in total. The zero-order chi connectivity index (χ0) is 9.84. The largest absolute Gasteiger partial charge is 0.384 e. The van der Waals surface area contributed by atoms with E-state index in [1.807, 2.05) is 5.38 Å². The Morgan fingerprint density at radius 2 is 2.31 bits per heavy atom. The van der Waals surface area contributed by atoms with Gasteiger partial charge in [-0.15, -0.1) is 11.3 Å². The normalized spacial score (nSPS) is 16.1. The molecule has 0 bridgehead atoms. The lowest BCUT2D eigenvalue weighted by atomic mass is 10.0. The van der Waals surface area contributed by atoms with Crippen LogP contribution in [0.2, 0.25) is 0 Å². The average Bonchev–Trinajstić information content (AvgIpc) is 2.53. The monoisotopic (exact) mass is 200 g/mol. The number of rotatable bonds is 4. The van der Waals surface area contributed by atoms with Crippen molar-refractivity contribution < 1.29 is 5.11 Å². The number of aliphatic hydroxyl groups is 1. The van der Waals surface area contributed by atoms with E-state index >= 15 is 0 Å². The highest BCUT2D eigenvalue weighted by molar-refractivity contribution is 7.09. The van der Waals surface area contributed by atoms with Gasteiger partial charge in [0.25, 0.3) is 0 Å². The summed E-state index contributed by atoms with van der Waals surface area (Å²) >= 11 is 1.45. The van der Waals surface area contributed by atoms with Gasteiger partial charge in [-0.1, -0.05) is 13.8 Å². The van der Waals surface area contributed by atoms with Crippen molar-refractivity contribution in [1.29, 1.82) is 0 Å². The Bertz CT molecular complexity index is 236. The number of nitrogens with zero attached hydrogens (tertiary/aromatic N) is 1. The maximum absolute atomic E-state index is 9.75. The van der Waals surface area contributed by atoms with Crippen LogP contribution in [0.5, 0.6) is 0 Å². The third-order valence-electron chi connectivity index (χ3n) is 1.85. The quantitative estimate of drug-likeness (QED) is 0.775. The molecular formula is C9H16N2OS.